The lowest BCUT2D eigenvalue weighted by atomic mass is 9.77. The number of nitrogens with one attached hydrogen (secondary N) is 2. The van der Waals surface area contributed by atoms with E-state index in [1.807, 2.05) is 48.5 Å². The highest BCUT2D eigenvalue weighted by Crippen LogP contribution is 2.46. The topological polar surface area (TPSA) is 80.1 Å². The van der Waals surface area contributed by atoms with Crippen molar-refractivity contribution in [3.8, 4) is 6.01 Å². The van der Waals surface area contributed by atoms with Crippen LogP contribution in [0.5, 0.6) is 6.01 Å². The smallest absolute Gasteiger partial charge is 0.318 e. The van der Waals surface area contributed by atoms with Crippen molar-refractivity contribution in [2.24, 2.45) is 0 Å². The number of nitrogens with zero attached hydrogens (tertiary/aromatic N) is 5. The van der Waals surface area contributed by atoms with E-state index in [0.29, 0.717) is 24.7 Å². The molecule has 0 unspecified atom stereocenters. The highest BCUT2D eigenvalue weighted by Gasteiger charge is 2.43. The number of anilines is 3. The molecular formula is C55H50FN7O. The summed E-state index contributed by atoms with van der Waals surface area (Å²) in [7, 11) is 0. The van der Waals surface area contributed by atoms with Crippen molar-refractivity contribution >= 4 is 28.2 Å². The third kappa shape index (κ3) is 7.98. The second-order valence-corrected chi connectivity index (χ2v) is 15.6. The molecule has 0 atom stereocenters. The zero-order chi connectivity index (χ0) is 43.8. The van der Waals surface area contributed by atoms with Crippen molar-refractivity contribution in [2.45, 2.75) is 24.9 Å². The molecule has 0 saturated heterocycles. The molecule has 0 aliphatic rings. The van der Waals surface area contributed by atoms with Gasteiger partial charge in [-0.2, -0.15) is 10.1 Å². The number of halogens is 1. The van der Waals surface area contributed by atoms with Crippen LogP contribution in [0.3, 0.4) is 0 Å². The fraction of sp³-hybridized carbons (Fsp3) is 0.145. The van der Waals surface area contributed by atoms with E-state index >= 15 is 4.39 Å². The van der Waals surface area contributed by atoms with Gasteiger partial charge >= 0.3 is 6.01 Å². The van der Waals surface area contributed by atoms with Gasteiger partial charge in [-0.15, -0.1) is 0 Å². The quantitative estimate of drug-likeness (QED) is 0.0884. The maximum Gasteiger partial charge on any atom is 0.318 e. The zero-order valence-electron chi connectivity index (χ0n) is 36.0. The summed E-state index contributed by atoms with van der Waals surface area (Å²) < 4.78 is 23.7. The minimum Gasteiger partial charge on any atom is -0.462 e. The molecule has 64 heavy (non-hydrogen) atoms. The summed E-state index contributed by atoms with van der Waals surface area (Å²) >= 11 is 0. The summed E-state index contributed by atoms with van der Waals surface area (Å²) in [5, 5.41) is 13.9. The Balaban J connectivity index is 1.29. The standard InChI is InChI=1S/C55H50FN7O/c1-3-62(4-2)37-38-64-53-57-40-49(56)52(59-53)58-47-35-36-50-48(39-47)51(60-54(41-23-11-5-12-24-41,42-25-13-6-14-26-42)43-27-15-7-16-28-43)61-63(50)55(44-29-17-8-18-30-44,45-31-19-9-20-32-45)46-33-21-10-22-34-46/h5-36,39-40H,3-4,37-38H2,1-2H3,(H,60,61)(H,57,58,59). The van der Waals surface area contributed by atoms with Crippen LogP contribution in [-0.2, 0) is 11.1 Å². The van der Waals surface area contributed by atoms with Crippen molar-refractivity contribution in [3.05, 3.63) is 246 Å². The maximum atomic E-state index is 15.6. The van der Waals surface area contributed by atoms with E-state index in [9.17, 15) is 0 Å². The minimum absolute atomic E-state index is 0.00787. The number of likely N-dealkylation sites (N-methyl/N-ethyl adjacent to an activating group) is 1. The second kappa shape index (κ2) is 18.8. The summed E-state index contributed by atoms with van der Waals surface area (Å²) in [6, 6.07) is 69.1. The van der Waals surface area contributed by atoms with Crippen LogP contribution in [0, 0.1) is 5.82 Å². The lowest BCUT2D eigenvalue weighted by Crippen LogP contribution is -2.40. The molecule has 2 heterocycles. The van der Waals surface area contributed by atoms with E-state index in [2.05, 4.69) is 196 Å². The first-order chi connectivity index (χ1) is 31.5. The van der Waals surface area contributed by atoms with Crippen LogP contribution in [-0.4, -0.2) is 50.9 Å². The van der Waals surface area contributed by atoms with Gasteiger partial charge in [-0.3, -0.25) is 0 Å². The molecular weight excluding hydrogens is 794 g/mol. The summed E-state index contributed by atoms with van der Waals surface area (Å²) in [6.07, 6.45) is 1.15. The molecule has 2 aromatic heterocycles. The van der Waals surface area contributed by atoms with E-state index in [-0.39, 0.29) is 11.8 Å². The van der Waals surface area contributed by atoms with Gasteiger partial charge in [0.15, 0.2) is 17.5 Å². The molecule has 0 saturated carbocycles. The summed E-state index contributed by atoms with van der Waals surface area (Å²) in [4.78, 5) is 10.9. The predicted molar refractivity (Wildman–Crippen MR) is 256 cm³/mol. The Bertz CT molecular complexity index is 2700. The normalized spacial score (nSPS) is 11.8. The first-order valence-corrected chi connectivity index (χ1v) is 21.8. The monoisotopic (exact) mass is 843 g/mol. The van der Waals surface area contributed by atoms with Gasteiger partial charge in [-0.25, -0.2) is 14.1 Å². The number of hydrogen-bond acceptors (Lipinski definition) is 7. The Kier molecular flexibility index (Phi) is 12.2. The molecule has 318 valence electrons. The van der Waals surface area contributed by atoms with Crippen LogP contribution in [0.4, 0.5) is 21.7 Å². The molecule has 0 amide bonds. The second-order valence-electron chi connectivity index (χ2n) is 15.6. The largest absolute Gasteiger partial charge is 0.462 e. The van der Waals surface area contributed by atoms with Crippen molar-refractivity contribution in [1.29, 1.82) is 0 Å². The van der Waals surface area contributed by atoms with Crippen molar-refractivity contribution in [3.63, 3.8) is 0 Å². The van der Waals surface area contributed by atoms with Gasteiger partial charge in [0.25, 0.3) is 0 Å². The summed E-state index contributed by atoms with van der Waals surface area (Å²) in [5.74, 6) is 0.0252. The van der Waals surface area contributed by atoms with Crippen LogP contribution in [0.2, 0.25) is 0 Å². The van der Waals surface area contributed by atoms with Gasteiger partial charge in [0.2, 0.25) is 0 Å². The highest BCUT2D eigenvalue weighted by molar-refractivity contribution is 5.95. The molecule has 9 aromatic rings. The van der Waals surface area contributed by atoms with E-state index < -0.39 is 16.9 Å². The van der Waals surface area contributed by atoms with E-state index in [1.165, 1.54) is 0 Å². The number of aromatic nitrogens is 4. The average molecular weight is 844 g/mol. The van der Waals surface area contributed by atoms with E-state index in [1.54, 1.807) is 0 Å². The first-order valence-electron chi connectivity index (χ1n) is 21.8. The number of ether oxygens (including phenoxy) is 1. The molecule has 7 aromatic carbocycles. The van der Waals surface area contributed by atoms with Gasteiger partial charge in [0.05, 0.1) is 11.7 Å². The van der Waals surface area contributed by atoms with Crippen molar-refractivity contribution in [1.82, 2.24) is 24.6 Å². The SMILES string of the molecule is CCN(CC)CCOc1ncc(F)c(Nc2ccc3c(c2)c(NC(c2ccccc2)(c2ccccc2)c2ccccc2)nn3C(c2ccccc2)(c2ccccc2)c2ccccc2)n1. The maximum absolute atomic E-state index is 15.6. The molecule has 8 nitrogen and oxygen atoms in total. The van der Waals surface area contributed by atoms with E-state index in [0.717, 1.165) is 63.6 Å². The van der Waals surface area contributed by atoms with Crippen LogP contribution < -0.4 is 15.4 Å². The number of hydrogen-bond donors (Lipinski definition) is 2. The predicted octanol–water partition coefficient (Wildman–Crippen LogP) is 11.7. The van der Waals surface area contributed by atoms with Crippen LogP contribution >= 0.6 is 0 Å². The lowest BCUT2D eigenvalue weighted by Gasteiger charge is -2.38. The summed E-state index contributed by atoms with van der Waals surface area (Å²) in [6.45, 7) is 7.11. The molecule has 0 fully saturated rings. The molecule has 0 aliphatic carbocycles. The average Bonchev–Trinajstić information content (AvgIpc) is 3.72. The van der Waals surface area contributed by atoms with Crippen LogP contribution in [0.25, 0.3) is 10.9 Å². The van der Waals surface area contributed by atoms with Gasteiger partial charge in [0, 0.05) is 17.6 Å². The molecule has 9 rings (SSSR count). The molecule has 0 aliphatic heterocycles. The van der Waals surface area contributed by atoms with Gasteiger partial charge < -0.3 is 20.3 Å². The van der Waals surface area contributed by atoms with Crippen LogP contribution in [0.15, 0.2) is 206 Å². The minimum atomic E-state index is -0.943. The number of benzene rings is 7. The van der Waals surface area contributed by atoms with Gasteiger partial charge in [-0.1, -0.05) is 196 Å². The Hall–Kier alpha value is -7.62. The van der Waals surface area contributed by atoms with Gasteiger partial charge in [0.1, 0.15) is 17.7 Å². The van der Waals surface area contributed by atoms with Crippen molar-refractivity contribution in [2.75, 3.05) is 36.9 Å². The third-order valence-corrected chi connectivity index (χ3v) is 12.0. The van der Waals surface area contributed by atoms with Crippen LogP contribution in [0.1, 0.15) is 47.2 Å². The Labute approximate surface area is 374 Å². The molecule has 0 spiro atoms. The Morgan fingerprint density at radius 2 is 1.03 bits per heavy atom. The zero-order valence-corrected chi connectivity index (χ0v) is 36.0. The van der Waals surface area contributed by atoms with Gasteiger partial charge in [-0.05, 0) is 64.7 Å². The Morgan fingerprint density at radius 1 is 0.578 bits per heavy atom. The fourth-order valence-corrected chi connectivity index (χ4v) is 8.86. The molecule has 0 radical (unpaired) electrons. The fourth-order valence-electron chi connectivity index (χ4n) is 8.86. The third-order valence-electron chi connectivity index (χ3n) is 12.0. The highest BCUT2D eigenvalue weighted by atomic mass is 19.1. The number of fused-ring (bicyclic) bond motifs is 1. The molecule has 0 bridgehead atoms. The van der Waals surface area contributed by atoms with E-state index in [4.69, 9.17) is 9.84 Å². The molecule has 9 heteroatoms. The Morgan fingerprint density at radius 3 is 1.48 bits per heavy atom. The lowest BCUT2D eigenvalue weighted by molar-refractivity contribution is 0.212. The first kappa shape index (κ1) is 41.7. The van der Waals surface area contributed by atoms with Crippen molar-refractivity contribution < 1.29 is 9.13 Å². The molecule has 2 N–H and O–H groups in total. The number of rotatable bonds is 17. The summed E-state index contributed by atoms with van der Waals surface area (Å²) in [5.41, 5.74) is 5.77.